The van der Waals surface area contributed by atoms with E-state index in [1.165, 1.54) is 6.92 Å². The third-order valence-electron chi connectivity index (χ3n) is 3.60. The molecule has 0 aliphatic rings. The van der Waals surface area contributed by atoms with E-state index in [0.29, 0.717) is 11.3 Å². The number of benzene rings is 2. The summed E-state index contributed by atoms with van der Waals surface area (Å²) in [6.45, 7) is 4.79. The molecule has 5 heteroatoms. The van der Waals surface area contributed by atoms with Crippen molar-refractivity contribution in [3.05, 3.63) is 54.1 Å². The van der Waals surface area contributed by atoms with Crippen LogP contribution in [0.4, 0.5) is 17.1 Å². The van der Waals surface area contributed by atoms with E-state index in [1.54, 1.807) is 32.0 Å². The van der Waals surface area contributed by atoms with Crippen molar-refractivity contribution in [3.63, 3.8) is 0 Å². The number of carboxylic acid groups (broad SMARTS) is 1. The molecule has 0 saturated heterocycles. The first-order valence-corrected chi connectivity index (χ1v) is 7.28. The maximum Gasteiger partial charge on any atom is 0.313 e. The minimum atomic E-state index is -1.02. The van der Waals surface area contributed by atoms with E-state index in [0.717, 1.165) is 11.4 Å². The molecule has 2 rings (SSSR count). The van der Waals surface area contributed by atoms with Gasteiger partial charge in [0.05, 0.1) is 5.41 Å². The van der Waals surface area contributed by atoms with Crippen LogP contribution in [0.5, 0.6) is 0 Å². The lowest BCUT2D eigenvalue weighted by Gasteiger charge is -2.23. The fourth-order valence-electron chi connectivity index (χ4n) is 2.29. The Morgan fingerprint density at radius 2 is 1.65 bits per heavy atom. The monoisotopic (exact) mass is 312 g/mol. The molecule has 3 N–H and O–H groups in total. The predicted molar refractivity (Wildman–Crippen MR) is 91.1 cm³/mol. The largest absolute Gasteiger partial charge is 0.481 e. The quantitative estimate of drug-likeness (QED) is 0.785. The van der Waals surface area contributed by atoms with Crippen LogP contribution in [0.3, 0.4) is 0 Å². The van der Waals surface area contributed by atoms with Gasteiger partial charge in [-0.1, -0.05) is 24.3 Å². The molecule has 2 aromatic carbocycles. The highest BCUT2D eigenvalue weighted by Crippen LogP contribution is 2.32. The number of anilines is 3. The van der Waals surface area contributed by atoms with Gasteiger partial charge in [0, 0.05) is 24.0 Å². The lowest BCUT2D eigenvalue weighted by molar-refractivity contribution is -0.142. The van der Waals surface area contributed by atoms with Crippen molar-refractivity contribution in [2.24, 2.45) is 0 Å². The Hall–Kier alpha value is -2.82. The number of hydrogen-bond acceptors (Lipinski definition) is 3. The fraction of sp³-hybridized carbons (Fsp3) is 0.222. The van der Waals surface area contributed by atoms with Gasteiger partial charge in [0.15, 0.2) is 0 Å². The summed E-state index contributed by atoms with van der Waals surface area (Å²) in [7, 11) is 0. The SMILES string of the molecule is CC(=O)Nc1cccc(Nc2ccccc2C(C)(C)C(=O)O)c1. The third-order valence-corrected chi connectivity index (χ3v) is 3.60. The van der Waals surface area contributed by atoms with Crippen molar-refractivity contribution in [1.29, 1.82) is 0 Å². The number of nitrogens with one attached hydrogen (secondary N) is 2. The highest BCUT2D eigenvalue weighted by molar-refractivity contribution is 5.89. The molecule has 23 heavy (non-hydrogen) atoms. The normalized spacial score (nSPS) is 10.9. The summed E-state index contributed by atoms with van der Waals surface area (Å²) in [4.78, 5) is 22.7. The number of carbonyl (C=O) groups is 2. The van der Waals surface area contributed by atoms with Gasteiger partial charge in [-0.05, 0) is 43.7 Å². The summed E-state index contributed by atoms with van der Waals surface area (Å²) in [6.07, 6.45) is 0. The van der Waals surface area contributed by atoms with Crippen LogP contribution in [0.25, 0.3) is 0 Å². The maximum atomic E-state index is 11.5. The first-order chi connectivity index (χ1) is 10.8. The molecule has 120 valence electrons. The smallest absolute Gasteiger partial charge is 0.313 e. The molecule has 0 unspecified atom stereocenters. The zero-order chi connectivity index (χ0) is 17.0. The zero-order valence-corrected chi connectivity index (χ0v) is 13.4. The van der Waals surface area contributed by atoms with E-state index in [4.69, 9.17) is 0 Å². The van der Waals surface area contributed by atoms with Gasteiger partial charge < -0.3 is 15.7 Å². The molecule has 0 aromatic heterocycles. The molecule has 0 heterocycles. The second kappa shape index (κ2) is 6.52. The fourth-order valence-corrected chi connectivity index (χ4v) is 2.29. The number of rotatable bonds is 5. The van der Waals surface area contributed by atoms with E-state index in [2.05, 4.69) is 10.6 Å². The highest BCUT2D eigenvalue weighted by Gasteiger charge is 2.31. The number of aliphatic carboxylic acids is 1. The molecule has 0 aliphatic heterocycles. The van der Waals surface area contributed by atoms with Crippen LogP contribution >= 0.6 is 0 Å². The molecule has 0 aliphatic carbocycles. The van der Waals surface area contributed by atoms with E-state index >= 15 is 0 Å². The molecule has 5 nitrogen and oxygen atoms in total. The Morgan fingerprint density at radius 3 is 2.30 bits per heavy atom. The van der Waals surface area contributed by atoms with Crippen LogP contribution in [0, 0.1) is 0 Å². The second-order valence-corrected chi connectivity index (χ2v) is 5.86. The Bertz CT molecular complexity index is 739. The van der Waals surface area contributed by atoms with Gasteiger partial charge in [-0.2, -0.15) is 0 Å². The molecule has 0 atom stereocenters. The van der Waals surface area contributed by atoms with E-state index < -0.39 is 11.4 Å². The van der Waals surface area contributed by atoms with E-state index in [9.17, 15) is 14.7 Å². The Labute approximate surface area is 135 Å². The number of amides is 1. The van der Waals surface area contributed by atoms with Crippen LogP contribution in [-0.2, 0) is 15.0 Å². The lowest BCUT2D eigenvalue weighted by Crippen LogP contribution is -2.29. The van der Waals surface area contributed by atoms with Gasteiger partial charge in [0.2, 0.25) is 5.91 Å². The highest BCUT2D eigenvalue weighted by atomic mass is 16.4. The maximum absolute atomic E-state index is 11.5. The summed E-state index contributed by atoms with van der Waals surface area (Å²) < 4.78 is 0. The van der Waals surface area contributed by atoms with Crippen molar-refractivity contribution in [2.45, 2.75) is 26.2 Å². The van der Waals surface area contributed by atoms with Gasteiger partial charge in [-0.15, -0.1) is 0 Å². The first-order valence-electron chi connectivity index (χ1n) is 7.28. The van der Waals surface area contributed by atoms with Crippen molar-refractivity contribution >= 4 is 28.9 Å². The van der Waals surface area contributed by atoms with Gasteiger partial charge in [0.1, 0.15) is 0 Å². The summed E-state index contributed by atoms with van der Waals surface area (Å²) in [5.74, 6) is -1.03. The molecule has 1 amide bonds. The molecule has 0 radical (unpaired) electrons. The van der Waals surface area contributed by atoms with E-state index in [1.807, 2.05) is 30.3 Å². The van der Waals surface area contributed by atoms with Gasteiger partial charge >= 0.3 is 5.97 Å². The lowest BCUT2D eigenvalue weighted by atomic mass is 9.83. The summed E-state index contributed by atoms with van der Waals surface area (Å²) in [6, 6.07) is 14.6. The average molecular weight is 312 g/mol. The number of carboxylic acids is 1. The predicted octanol–water partition coefficient (Wildman–Crippen LogP) is 3.75. The molecular weight excluding hydrogens is 292 g/mol. The minimum Gasteiger partial charge on any atom is -0.481 e. The van der Waals surface area contributed by atoms with Gasteiger partial charge in [0.25, 0.3) is 0 Å². The average Bonchev–Trinajstić information content (AvgIpc) is 2.47. The number of carbonyl (C=O) groups excluding carboxylic acids is 1. The van der Waals surface area contributed by atoms with Crippen LogP contribution in [0.1, 0.15) is 26.3 Å². The summed E-state index contributed by atoms with van der Waals surface area (Å²) in [5.41, 5.74) is 1.85. The van der Waals surface area contributed by atoms with Crippen LogP contribution in [-0.4, -0.2) is 17.0 Å². The standard InChI is InChI=1S/C18H20N2O3/c1-12(21)19-13-7-6-8-14(11-13)20-16-10-5-4-9-15(16)18(2,3)17(22)23/h4-11,20H,1-3H3,(H,19,21)(H,22,23). The zero-order valence-electron chi connectivity index (χ0n) is 13.4. The Balaban J connectivity index is 2.35. The van der Waals surface area contributed by atoms with Gasteiger partial charge in [-0.25, -0.2) is 0 Å². The summed E-state index contributed by atoms with van der Waals surface area (Å²) in [5, 5.41) is 15.4. The van der Waals surface area contributed by atoms with Crippen molar-refractivity contribution in [2.75, 3.05) is 10.6 Å². The third kappa shape index (κ3) is 3.88. The minimum absolute atomic E-state index is 0.144. The number of para-hydroxylation sites is 1. The molecule has 0 bridgehead atoms. The van der Waals surface area contributed by atoms with Crippen molar-refractivity contribution in [1.82, 2.24) is 0 Å². The second-order valence-electron chi connectivity index (χ2n) is 5.86. The first kappa shape index (κ1) is 16.5. The molecule has 2 aromatic rings. The van der Waals surface area contributed by atoms with Crippen LogP contribution < -0.4 is 10.6 Å². The van der Waals surface area contributed by atoms with Crippen molar-refractivity contribution in [3.8, 4) is 0 Å². The van der Waals surface area contributed by atoms with Crippen molar-refractivity contribution < 1.29 is 14.7 Å². The molecule has 0 spiro atoms. The Kier molecular flexibility index (Phi) is 4.69. The molecular formula is C18H20N2O3. The Morgan fingerprint density at radius 1 is 1.00 bits per heavy atom. The van der Waals surface area contributed by atoms with E-state index in [-0.39, 0.29) is 5.91 Å². The van der Waals surface area contributed by atoms with Crippen LogP contribution in [0.2, 0.25) is 0 Å². The molecule has 0 saturated carbocycles. The van der Waals surface area contributed by atoms with Gasteiger partial charge in [-0.3, -0.25) is 9.59 Å². The summed E-state index contributed by atoms with van der Waals surface area (Å²) >= 11 is 0. The topological polar surface area (TPSA) is 78.4 Å². The molecule has 0 fully saturated rings. The number of hydrogen-bond donors (Lipinski definition) is 3. The van der Waals surface area contributed by atoms with Crippen LogP contribution in [0.15, 0.2) is 48.5 Å².